The summed E-state index contributed by atoms with van der Waals surface area (Å²) in [5.74, 6) is 1.33. The average molecular weight is 469 g/mol. The molecular weight excluding hydrogens is 444 g/mol. The molecule has 0 unspecified atom stereocenters. The van der Waals surface area contributed by atoms with E-state index in [0.29, 0.717) is 6.54 Å². The molecule has 0 spiro atoms. The Hall–Kier alpha value is -2.45. The number of halogens is 1. The molecule has 1 saturated heterocycles. The number of carbonyl (C=O) groups is 1. The highest BCUT2D eigenvalue weighted by Gasteiger charge is 2.37. The van der Waals surface area contributed by atoms with Crippen molar-refractivity contribution in [2.45, 2.75) is 19.4 Å². The minimum absolute atomic E-state index is 0.0143. The first-order chi connectivity index (χ1) is 14.6. The Balaban J connectivity index is 1.33. The minimum Gasteiger partial charge on any atom is -0.354 e. The molecule has 0 aliphatic carbocycles. The fourth-order valence-electron chi connectivity index (χ4n) is 4.45. The highest BCUT2D eigenvalue weighted by Crippen LogP contribution is 2.32. The van der Waals surface area contributed by atoms with Crippen molar-refractivity contribution in [3.63, 3.8) is 0 Å². The summed E-state index contributed by atoms with van der Waals surface area (Å²) >= 11 is 3.50. The van der Waals surface area contributed by atoms with Gasteiger partial charge in [0.25, 0.3) is 0 Å². The number of aromatic nitrogens is 3. The van der Waals surface area contributed by atoms with Gasteiger partial charge in [-0.15, -0.1) is 0 Å². The van der Waals surface area contributed by atoms with Crippen LogP contribution in [-0.2, 0) is 24.2 Å². The number of hydrogen-bond acceptors (Lipinski definition) is 5. The van der Waals surface area contributed by atoms with Gasteiger partial charge in [0.05, 0.1) is 17.8 Å². The number of anilines is 1. The number of carbonyl (C=O) groups excluding carboxylic acids is 1. The molecule has 0 atom stereocenters. The first kappa shape index (κ1) is 19.5. The van der Waals surface area contributed by atoms with Crippen LogP contribution >= 0.6 is 15.9 Å². The zero-order chi connectivity index (χ0) is 20.7. The molecule has 2 aliphatic heterocycles. The first-order valence-electron chi connectivity index (χ1n) is 10.4. The molecule has 2 aromatic heterocycles. The fraction of sp³-hybridized carbons (Fsp3) is 0.409. The maximum atomic E-state index is 13.0. The normalized spacial score (nSPS) is 16.8. The van der Waals surface area contributed by atoms with Gasteiger partial charge in [0.2, 0.25) is 5.91 Å². The van der Waals surface area contributed by atoms with E-state index in [4.69, 9.17) is 4.98 Å². The SMILES string of the molecule is CN(Cc1cccc(Br)c1)C(=O)C1CN(c2c3c(nc4ccnn24)CCNCC3)C1. The van der Waals surface area contributed by atoms with E-state index in [-0.39, 0.29) is 11.8 Å². The van der Waals surface area contributed by atoms with Gasteiger partial charge in [-0.3, -0.25) is 4.79 Å². The molecule has 0 bridgehead atoms. The lowest BCUT2D eigenvalue weighted by Crippen LogP contribution is -2.54. The second-order valence-corrected chi connectivity index (χ2v) is 9.05. The van der Waals surface area contributed by atoms with Crippen molar-refractivity contribution in [3.05, 3.63) is 57.8 Å². The van der Waals surface area contributed by atoms with Crippen LogP contribution < -0.4 is 10.2 Å². The van der Waals surface area contributed by atoms with E-state index >= 15 is 0 Å². The summed E-state index contributed by atoms with van der Waals surface area (Å²) in [5.41, 5.74) is 4.43. The molecule has 5 rings (SSSR count). The predicted octanol–water partition coefficient (Wildman–Crippen LogP) is 2.27. The van der Waals surface area contributed by atoms with Crippen LogP contribution in [0.4, 0.5) is 5.82 Å². The van der Waals surface area contributed by atoms with Gasteiger partial charge in [0.15, 0.2) is 5.65 Å². The zero-order valence-electron chi connectivity index (χ0n) is 17.0. The molecule has 1 fully saturated rings. The van der Waals surface area contributed by atoms with Crippen LogP contribution in [-0.4, -0.2) is 58.6 Å². The summed E-state index contributed by atoms with van der Waals surface area (Å²) in [6.07, 6.45) is 3.67. The van der Waals surface area contributed by atoms with Crippen LogP contribution in [0.2, 0.25) is 0 Å². The van der Waals surface area contributed by atoms with Crippen molar-refractivity contribution in [1.82, 2.24) is 24.8 Å². The number of benzene rings is 1. The number of nitrogens with one attached hydrogen (secondary N) is 1. The minimum atomic E-state index is 0.0143. The van der Waals surface area contributed by atoms with Crippen LogP contribution in [0.1, 0.15) is 16.8 Å². The van der Waals surface area contributed by atoms with E-state index in [1.807, 2.05) is 34.7 Å². The molecule has 1 N–H and O–H groups in total. The van der Waals surface area contributed by atoms with Crippen molar-refractivity contribution < 1.29 is 4.79 Å². The molecule has 0 radical (unpaired) electrons. The second-order valence-electron chi connectivity index (χ2n) is 8.14. The summed E-state index contributed by atoms with van der Waals surface area (Å²) in [6, 6.07) is 10.1. The summed E-state index contributed by atoms with van der Waals surface area (Å²) in [6.45, 7) is 3.96. The van der Waals surface area contributed by atoms with Gasteiger partial charge in [-0.25, -0.2) is 4.98 Å². The Kier molecular flexibility index (Phi) is 5.20. The molecule has 7 nitrogen and oxygen atoms in total. The zero-order valence-corrected chi connectivity index (χ0v) is 18.6. The summed E-state index contributed by atoms with van der Waals surface area (Å²) in [5, 5.41) is 7.98. The van der Waals surface area contributed by atoms with Crippen molar-refractivity contribution >= 4 is 33.3 Å². The summed E-state index contributed by atoms with van der Waals surface area (Å²) < 4.78 is 2.97. The molecule has 8 heteroatoms. The molecule has 3 aromatic rings. The van der Waals surface area contributed by atoms with E-state index in [9.17, 15) is 4.79 Å². The lowest BCUT2D eigenvalue weighted by atomic mass is 9.96. The number of nitrogens with zero attached hydrogens (tertiary/aromatic N) is 5. The van der Waals surface area contributed by atoms with Crippen LogP contribution in [0.3, 0.4) is 0 Å². The number of hydrogen-bond donors (Lipinski definition) is 1. The molecule has 2 aliphatic rings. The Bertz CT molecular complexity index is 1090. The van der Waals surface area contributed by atoms with Crippen molar-refractivity contribution in [2.24, 2.45) is 5.92 Å². The Morgan fingerprint density at radius 2 is 2.10 bits per heavy atom. The fourth-order valence-corrected chi connectivity index (χ4v) is 4.89. The molecule has 30 heavy (non-hydrogen) atoms. The van der Waals surface area contributed by atoms with Crippen LogP contribution in [0.15, 0.2) is 41.0 Å². The molecule has 156 valence electrons. The van der Waals surface area contributed by atoms with E-state index in [1.54, 1.807) is 6.20 Å². The Labute approximate surface area is 184 Å². The molecule has 0 saturated carbocycles. The van der Waals surface area contributed by atoms with Crippen molar-refractivity contribution in [3.8, 4) is 0 Å². The largest absolute Gasteiger partial charge is 0.354 e. The molecule has 1 aromatic carbocycles. The van der Waals surface area contributed by atoms with E-state index in [0.717, 1.165) is 66.2 Å². The Morgan fingerprint density at radius 3 is 2.93 bits per heavy atom. The number of amides is 1. The molecule has 1 amide bonds. The third-order valence-electron chi connectivity index (χ3n) is 6.00. The van der Waals surface area contributed by atoms with Gasteiger partial charge in [-0.2, -0.15) is 9.61 Å². The maximum absolute atomic E-state index is 13.0. The van der Waals surface area contributed by atoms with E-state index < -0.39 is 0 Å². The lowest BCUT2D eigenvalue weighted by molar-refractivity contribution is -0.135. The smallest absolute Gasteiger partial charge is 0.229 e. The highest BCUT2D eigenvalue weighted by atomic mass is 79.9. The summed E-state index contributed by atoms with van der Waals surface area (Å²) in [7, 11) is 1.89. The quantitative estimate of drug-likeness (QED) is 0.636. The van der Waals surface area contributed by atoms with Gasteiger partial charge in [-0.05, 0) is 30.7 Å². The van der Waals surface area contributed by atoms with Crippen LogP contribution in [0, 0.1) is 5.92 Å². The maximum Gasteiger partial charge on any atom is 0.229 e. The molecule has 4 heterocycles. The number of fused-ring (bicyclic) bond motifs is 2. The summed E-state index contributed by atoms with van der Waals surface area (Å²) in [4.78, 5) is 22.0. The van der Waals surface area contributed by atoms with Crippen molar-refractivity contribution in [2.75, 3.05) is 38.1 Å². The monoisotopic (exact) mass is 468 g/mol. The van der Waals surface area contributed by atoms with Gasteiger partial charge in [0.1, 0.15) is 5.82 Å². The standard InChI is InChI=1S/C22H25BrN6O/c1-27(12-15-3-2-4-17(23)11-15)22(30)16-13-28(14-16)21-18-5-8-24-9-6-19(18)26-20-7-10-25-29(20)21/h2-4,7,10-11,16,24H,5-6,8-9,12-14H2,1H3. The Morgan fingerprint density at radius 1 is 1.27 bits per heavy atom. The second kappa shape index (κ2) is 8.00. The third-order valence-corrected chi connectivity index (χ3v) is 6.49. The topological polar surface area (TPSA) is 65.8 Å². The van der Waals surface area contributed by atoms with Crippen molar-refractivity contribution in [1.29, 1.82) is 0 Å². The van der Waals surface area contributed by atoms with E-state index in [2.05, 4.69) is 43.4 Å². The number of rotatable bonds is 4. The molecular formula is C22H25BrN6O. The van der Waals surface area contributed by atoms with Gasteiger partial charge < -0.3 is 15.1 Å². The lowest BCUT2D eigenvalue weighted by Gasteiger charge is -2.42. The predicted molar refractivity (Wildman–Crippen MR) is 120 cm³/mol. The van der Waals surface area contributed by atoms with Gasteiger partial charge >= 0.3 is 0 Å². The van der Waals surface area contributed by atoms with Gasteiger partial charge in [-0.1, -0.05) is 28.1 Å². The first-order valence-corrected chi connectivity index (χ1v) is 11.2. The van der Waals surface area contributed by atoms with Crippen LogP contribution in [0.5, 0.6) is 0 Å². The van der Waals surface area contributed by atoms with Crippen LogP contribution in [0.25, 0.3) is 5.65 Å². The average Bonchev–Trinajstić information content (AvgIpc) is 3.03. The van der Waals surface area contributed by atoms with Gasteiger partial charge in [0, 0.05) is 55.8 Å². The highest BCUT2D eigenvalue weighted by molar-refractivity contribution is 9.10. The van der Waals surface area contributed by atoms with E-state index in [1.165, 1.54) is 5.56 Å². The third kappa shape index (κ3) is 3.58.